The number of aliphatic hydroxyl groups excluding tert-OH is 2. The molecule has 6 heteroatoms. The van der Waals surface area contributed by atoms with E-state index in [4.69, 9.17) is 4.74 Å². The summed E-state index contributed by atoms with van der Waals surface area (Å²) in [5, 5.41) is 21.7. The zero-order valence-electron chi connectivity index (χ0n) is 22.0. The lowest BCUT2D eigenvalue weighted by Crippen LogP contribution is -2.66. The van der Waals surface area contributed by atoms with E-state index in [1.165, 1.54) is 0 Å². The summed E-state index contributed by atoms with van der Waals surface area (Å²) in [5.74, 6) is -0.591. The lowest BCUT2D eigenvalue weighted by Gasteiger charge is -2.65. The summed E-state index contributed by atoms with van der Waals surface area (Å²) >= 11 is 0. The molecule has 3 saturated carbocycles. The van der Waals surface area contributed by atoms with Crippen LogP contribution in [0.25, 0.3) is 0 Å². The van der Waals surface area contributed by atoms with Crippen molar-refractivity contribution in [3.8, 4) is 0 Å². The molecule has 2 N–H and O–H groups in total. The normalized spacial score (nSPS) is 42.5. The summed E-state index contributed by atoms with van der Waals surface area (Å²) < 4.78 is 6.11. The predicted molar refractivity (Wildman–Crippen MR) is 132 cm³/mol. The largest absolute Gasteiger partial charge is 0.450 e. The topological polar surface area (TPSA) is 101 Å². The first-order chi connectivity index (χ1) is 16.5. The Morgan fingerprint density at radius 3 is 2.51 bits per heavy atom. The van der Waals surface area contributed by atoms with Crippen molar-refractivity contribution >= 4 is 17.5 Å². The maximum atomic E-state index is 13.4. The van der Waals surface area contributed by atoms with E-state index >= 15 is 0 Å². The first-order valence-electron chi connectivity index (χ1n) is 13.8. The molecule has 4 aliphatic carbocycles. The molecule has 0 radical (unpaired) electrons. The standard InChI is InChI=1S/C29H44O6/c1-5-6-7-8-9-24(34)35-29(23(33)18-30)15-12-22-27(3)13-10-19-16-20(31)11-14-26(19,2)25(27)21(32)17-28(22,29)4/h16,21-22,25,30,32H,5-15,17-18H2,1-4H3/t21-,22-,25+,26-,27-,28-,29-/m0/s1. The number of esters is 1. The molecule has 4 rings (SSSR count). The smallest absolute Gasteiger partial charge is 0.306 e. The highest BCUT2D eigenvalue weighted by Crippen LogP contribution is 2.73. The van der Waals surface area contributed by atoms with Crippen molar-refractivity contribution in [1.82, 2.24) is 0 Å². The van der Waals surface area contributed by atoms with Crippen LogP contribution in [0.2, 0.25) is 0 Å². The number of aliphatic hydroxyl groups is 2. The minimum Gasteiger partial charge on any atom is -0.450 e. The number of hydrogen-bond acceptors (Lipinski definition) is 6. The first kappa shape index (κ1) is 26.5. The fourth-order valence-corrected chi connectivity index (χ4v) is 9.13. The second-order valence-corrected chi connectivity index (χ2v) is 12.5. The van der Waals surface area contributed by atoms with Crippen LogP contribution < -0.4 is 0 Å². The number of fused-ring (bicyclic) bond motifs is 5. The van der Waals surface area contributed by atoms with Gasteiger partial charge < -0.3 is 14.9 Å². The summed E-state index contributed by atoms with van der Waals surface area (Å²) in [6.45, 7) is 7.90. The highest BCUT2D eigenvalue weighted by Gasteiger charge is 2.73. The fraction of sp³-hybridized carbons (Fsp3) is 0.828. The first-order valence-corrected chi connectivity index (χ1v) is 13.8. The molecule has 0 bridgehead atoms. The van der Waals surface area contributed by atoms with E-state index < -0.39 is 29.5 Å². The Morgan fingerprint density at radius 1 is 1.09 bits per heavy atom. The number of unbranched alkanes of at least 4 members (excludes halogenated alkanes) is 3. The molecule has 0 aromatic heterocycles. The Morgan fingerprint density at radius 2 is 1.83 bits per heavy atom. The minimum absolute atomic E-state index is 0.0223. The van der Waals surface area contributed by atoms with Crippen LogP contribution in [0.15, 0.2) is 11.6 Å². The summed E-state index contributed by atoms with van der Waals surface area (Å²) in [6.07, 6.45) is 9.55. The van der Waals surface area contributed by atoms with Gasteiger partial charge in [-0.05, 0) is 73.7 Å². The van der Waals surface area contributed by atoms with Gasteiger partial charge in [-0.2, -0.15) is 0 Å². The monoisotopic (exact) mass is 488 g/mol. The van der Waals surface area contributed by atoms with E-state index in [-0.39, 0.29) is 40.8 Å². The molecule has 0 unspecified atom stereocenters. The zero-order valence-corrected chi connectivity index (χ0v) is 22.0. The number of allylic oxidation sites excluding steroid dienone is 1. The third-order valence-electron chi connectivity index (χ3n) is 10.7. The number of Topliss-reactive ketones (excluding diaryl/α,β-unsaturated/α-hetero) is 1. The number of carbonyl (C=O) groups excluding carboxylic acids is 3. The molecular formula is C29H44O6. The lowest BCUT2D eigenvalue weighted by atomic mass is 9.40. The quantitative estimate of drug-likeness (QED) is 0.380. The maximum absolute atomic E-state index is 13.4. The Labute approximate surface area is 209 Å². The molecule has 0 aromatic carbocycles. The number of hydrogen-bond donors (Lipinski definition) is 2. The van der Waals surface area contributed by atoms with Crippen LogP contribution in [-0.4, -0.2) is 46.1 Å². The Balaban J connectivity index is 1.68. The molecule has 6 nitrogen and oxygen atoms in total. The molecular weight excluding hydrogens is 444 g/mol. The van der Waals surface area contributed by atoms with Crippen LogP contribution >= 0.6 is 0 Å². The number of ketones is 2. The van der Waals surface area contributed by atoms with Gasteiger partial charge in [0.15, 0.2) is 11.4 Å². The van der Waals surface area contributed by atoms with Gasteiger partial charge in [0.05, 0.1) is 6.10 Å². The molecule has 0 saturated heterocycles. The van der Waals surface area contributed by atoms with E-state index in [2.05, 4.69) is 20.8 Å². The van der Waals surface area contributed by atoms with Crippen LogP contribution in [0.5, 0.6) is 0 Å². The van der Waals surface area contributed by atoms with Gasteiger partial charge in [-0.1, -0.05) is 52.5 Å². The lowest BCUT2D eigenvalue weighted by molar-refractivity contribution is -0.219. The highest BCUT2D eigenvalue weighted by atomic mass is 16.6. The Hall–Kier alpha value is -1.53. The number of ether oxygens (including phenoxy) is 1. The minimum atomic E-state index is -1.40. The summed E-state index contributed by atoms with van der Waals surface area (Å²) in [6, 6.07) is 0. The summed E-state index contributed by atoms with van der Waals surface area (Å²) in [4.78, 5) is 38.5. The molecule has 0 aliphatic heterocycles. The van der Waals surface area contributed by atoms with Crippen LogP contribution in [0, 0.1) is 28.1 Å². The summed E-state index contributed by atoms with van der Waals surface area (Å²) in [7, 11) is 0. The van der Waals surface area contributed by atoms with Crippen LogP contribution in [0.1, 0.15) is 105 Å². The van der Waals surface area contributed by atoms with Crippen molar-refractivity contribution in [1.29, 1.82) is 0 Å². The molecule has 0 spiro atoms. The third kappa shape index (κ3) is 3.94. The fourth-order valence-electron chi connectivity index (χ4n) is 9.13. The molecule has 0 amide bonds. The number of carbonyl (C=O) groups is 3. The van der Waals surface area contributed by atoms with Gasteiger partial charge in [-0.3, -0.25) is 14.4 Å². The number of rotatable bonds is 8. The van der Waals surface area contributed by atoms with Crippen molar-refractivity contribution in [3.63, 3.8) is 0 Å². The van der Waals surface area contributed by atoms with E-state index in [1.54, 1.807) is 0 Å². The van der Waals surface area contributed by atoms with Gasteiger partial charge in [0.1, 0.15) is 6.61 Å². The second kappa shape index (κ2) is 9.41. The van der Waals surface area contributed by atoms with E-state index in [1.807, 2.05) is 13.0 Å². The molecule has 7 atom stereocenters. The van der Waals surface area contributed by atoms with Crippen molar-refractivity contribution in [2.24, 2.45) is 28.1 Å². The van der Waals surface area contributed by atoms with Crippen molar-refractivity contribution in [2.45, 2.75) is 116 Å². The van der Waals surface area contributed by atoms with Crippen molar-refractivity contribution in [2.75, 3.05) is 6.61 Å². The van der Waals surface area contributed by atoms with Gasteiger partial charge in [-0.25, -0.2) is 0 Å². The van der Waals surface area contributed by atoms with E-state index in [0.29, 0.717) is 19.3 Å². The maximum Gasteiger partial charge on any atom is 0.306 e. The van der Waals surface area contributed by atoms with Gasteiger partial charge in [-0.15, -0.1) is 0 Å². The SMILES string of the molecule is CCCCCCC(=O)O[C@]1(C(=O)CO)CC[C@H]2[C@]3(C)CCC4=CC(=O)CC[C@]4(C)[C@H]3[C@@H](O)C[C@@]21C. The van der Waals surface area contributed by atoms with E-state index in [0.717, 1.165) is 56.9 Å². The van der Waals surface area contributed by atoms with Gasteiger partial charge in [0, 0.05) is 18.3 Å². The zero-order chi connectivity index (χ0) is 25.6. The third-order valence-corrected chi connectivity index (χ3v) is 10.7. The molecule has 3 fully saturated rings. The van der Waals surface area contributed by atoms with Crippen LogP contribution in [-0.2, 0) is 19.1 Å². The predicted octanol–water partition coefficient (Wildman–Crippen LogP) is 4.69. The Bertz CT molecular complexity index is 909. The van der Waals surface area contributed by atoms with Crippen LogP contribution in [0.3, 0.4) is 0 Å². The van der Waals surface area contributed by atoms with E-state index in [9.17, 15) is 24.6 Å². The van der Waals surface area contributed by atoms with Crippen molar-refractivity contribution < 1.29 is 29.3 Å². The Kier molecular flexibility index (Phi) is 7.13. The van der Waals surface area contributed by atoms with Gasteiger partial charge in [0.2, 0.25) is 5.78 Å². The molecule has 4 aliphatic rings. The molecule has 0 aromatic rings. The van der Waals surface area contributed by atoms with Gasteiger partial charge >= 0.3 is 5.97 Å². The average molecular weight is 489 g/mol. The second-order valence-electron chi connectivity index (χ2n) is 12.5. The molecule has 35 heavy (non-hydrogen) atoms. The summed E-state index contributed by atoms with van der Waals surface area (Å²) in [5.41, 5.74) is -1.50. The molecule has 196 valence electrons. The van der Waals surface area contributed by atoms with Gasteiger partial charge in [0.25, 0.3) is 0 Å². The average Bonchev–Trinajstić information content (AvgIpc) is 3.09. The van der Waals surface area contributed by atoms with Crippen molar-refractivity contribution in [3.05, 3.63) is 11.6 Å². The molecule has 0 heterocycles. The van der Waals surface area contributed by atoms with Crippen LogP contribution in [0.4, 0.5) is 0 Å². The highest BCUT2D eigenvalue weighted by molar-refractivity contribution is 5.92.